The Bertz CT molecular complexity index is 1260. The first-order chi connectivity index (χ1) is 17.5. The van der Waals surface area contributed by atoms with Gasteiger partial charge < -0.3 is 25.0 Å². The van der Waals surface area contributed by atoms with Crippen molar-refractivity contribution < 1.29 is 19.4 Å². The van der Waals surface area contributed by atoms with E-state index < -0.39 is 5.91 Å². The van der Waals surface area contributed by atoms with Crippen LogP contribution in [0.3, 0.4) is 0 Å². The predicted molar refractivity (Wildman–Crippen MR) is 127 cm³/mol. The first kappa shape index (κ1) is 23.8. The molecule has 1 saturated heterocycles. The number of aliphatic hydroxyl groups is 1. The highest BCUT2D eigenvalue weighted by Gasteiger charge is 2.27. The van der Waals surface area contributed by atoms with Crippen LogP contribution < -0.4 is 5.32 Å². The summed E-state index contributed by atoms with van der Waals surface area (Å²) in [5.74, 6) is 0.277. The Balaban J connectivity index is 1.30. The van der Waals surface area contributed by atoms with E-state index in [0.717, 1.165) is 11.1 Å². The lowest BCUT2D eigenvalue weighted by molar-refractivity contribution is 0.0421. The molecule has 36 heavy (non-hydrogen) atoms. The summed E-state index contributed by atoms with van der Waals surface area (Å²) in [7, 11) is 0. The van der Waals surface area contributed by atoms with Crippen LogP contribution in [0, 0.1) is 0 Å². The lowest BCUT2D eigenvalue weighted by atomic mass is 10.0. The van der Waals surface area contributed by atoms with Gasteiger partial charge in [0.15, 0.2) is 0 Å². The number of morpholine rings is 1. The molecule has 1 atom stereocenters. The molecule has 188 valence electrons. The van der Waals surface area contributed by atoms with Gasteiger partial charge in [0.2, 0.25) is 5.82 Å². The van der Waals surface area contributed by atoms with E-state index in [1.807, 2.05) is 0 Å². The molecule has 2 aliphatic heterocycles. The number of tetrazole rings is 1. The van der Waals surface area contributed by atoms with E-state index in [4.69, 9.17) is 4.74 Å². The number of carbonyl (C=O) groups is 2. The van der Waals surface area contributed by atoms with Crippen molar-refractivity contribution in [1.29, 1.82) is 0 Å². The second kappa shape index (κ2) is 10.3. The highest BCUT2D eigenvalue weighted by Crippen LogP contribution is 2.22. The average molecular weight is 494 g/mol. The van der Waals surface area contributed by atoms with Gasteiger partial charge in [0.1, 0.15) is 17.2 Å². The number of amides is 3. The fraction of sp³-hybridized carbons (Fsp3) is 0.435. The maximum Gasteiger partial charge on any atom is 0.320 e. The predicted octanol–water partition coefficient (Wildman–Crippen LogP) is 0.746. The Labute approximate surface area is 207 Å². The average Bonchev–Trinajstić information content (AvgIpc) is 3.42. The molecule has 2 N–H and O–H groups in total. The van der Waals surface area contributed by atoms with Crippen molar-refractivity contribution >= 4 is 17.8 Å². The van der Waals surface area contributed by atoms with Gasteiger partial charge in [-0.05, 0) is 53.1 Å². The van der Waals surface area contributed by atoms with E-state index in [2.05, 4.69) is 30.8 Å². The second-order valence-electron chi connectivity index (χ2n) is 8.73. The first-order valence-electron chi connectivity index (χ1n) is 11.8. The van der Waals surface area contributed by atoms with Gasteiger partial charge in [0, 0.05) is 32.4 Å². The molecular weight excluding hydrogens is 466 g/mol. The molecular formula is C23H27N9O4. The number of pyridine rings is 2. The Morgan fingerprint density at radius 1 is 1.17 bits per heavy atom. The minimum atomic E-state index is -0.414. The summed E-state index contributed by atoms with van der Waals surface area (Å²) < 4.78 is 6.82. The Kier molecular flexibility index (Phi) is 6.82. The molecule has 5 heterocycles. The number of hydrogen-bond acceptors (Lipinski definition) is 9. The minimum Gasteiger partial charge on any atom is -0.394 e. The van der Waals surface area contributed by atoms with E-state index in [9.17, 15) is 14.7 Å². The fourth-order valence-electron chi connectivity index (χ4n) is 4.23. The molecule has 0 unspecified atom stereocenters. The standard InChI is InChI=1S/C23H27N9O4/c1-15(14-33)32-21(27-28-29-32)18-3-2-4-20(25-18)26-22(34)19-11-17-13-31(6-5-16(17)12-24-19)23(35)30-7-9-36-10-8-30/h2-4,11-12,15,33H,5-10,13-14H2,1H3,(H,25,26,34)/t15-/m1/s1. The Hall–Kier alpha value is -3.97. The molecule has 0 saturated carbocycles. The van der Waals surface area contributed by atoms with Crippen LogP contribution in [-0.4, -0.2) is 96.5 Å². The summed E-state index contributed by atoms with van der Waals surface area (Å²) in [6, 6.07) is 6.51. The molecule has 2 aliphatic rings. The summed E-state index contributed by atoms with van der Waals surface area (Å²) >= 11 is 0. The molecule has 3 amide bonds. The van der Waals surface area contributed by atoms with E-state index in [1.54, 1.807) is 47.2 Å². The molecule has 0 aromatic carbocycles. The van der Waals surface area contributed by atoms with Crippen molar-refractivity contribution in [2.45, 2.75) is 25.9 Å². The summed E-state index contributed by atoms with van der Waals surface area (Å²) in [5, 5.41) is 23.8. The number of nitrogens with zero attached hydrogens (tertiary/aromatic N) is 8. The van der Waals surface area contributed by atoms with Gasteiger partial charge in [-0.3, -0.25) is 9.78 Å². The molecule has 0 radical (unpaired) electrons. The molecule has 0 spiro atoms. The number of carbonyl (C=O) groups excluding carboxylic acids is 2. The van der Waals surface area contributed by atoms with Crippen molar-refractivity contribution in [3.05, 3.63) is 47.3 Å². The van der Waals surface area contributed by atoms with E-state index in [1.165, 1.54) is 4.68 Å². The Morgan fingerprint density at radius 3 is 2.81 bits per heavy atom. The van der Waals surface area contributed by atoms with Gasteiger partial charge in [-0.25, -0.2) is 14.5 Å². The molecule has 1 fully saturated rings. The van der Waals surface area contributed by atoms with E-state index >= 15 is 0 Å². The number of rotatable bonds is 5. The zero-order valence-corrected chi connectivity index (χ0v) is 19.9. The molecule has 5 rings (SSSR count). The maximum absolute atomic E-state index is 13.0. The lowest BCUT2D eigenvalue weighted by Gasteiger charge is -2.35. The highest BCUT2D eigenvalue weighted by molar-refractivity contribution is 6.02. The number of aliphatic hydroxyl groups excluding tert-OH is 1. The largest absolute Gasteiger partial charge is 0.394 e. The summed E-state index contributed by atoms with van der Waals surface area (Å²) in [5.41, 5.74) is 2.62. The third kappa shape index (κ3) is 4.88. The van der Waals surface area contributed by atoms with Gasteiger partial charge in [-0.2, -0.15) is 0 Å². The first-order valence-corrected chi connectivity index (χ1v) is 11.8. The van der Waals surface area contributed by atoms with Crippen molar-refractivity contribution in [2.24, 2.45) is 0 Å². The molecule has 0 aliphatic carbocycles. The van der Waals surface area contributed by atoms with Crippen molar-refractivity contribution in [1.82, 2.24) is 40.0 Å². The molecule has 13 heteroatoms. The van der Waals surface area contributed by atoms with Crippen molar-refractivity contribution in [3.63, 3.8) is 0 Å². The number of urea groups is 1. The lowest BCUT2D eigenvalue weighted by Crippen LogP contribution is -2.49. The van der Waals surface area contributed by atoms with Crippen molar-refractivity contribution in [3.8, 4) is 11.5 Å². The number of fused-ring (bicyclic) bond motifs is 1. The van der Waals surface area contributed by atoms with E-state index in [-0.39, 0.29) is 24.4 Å². The summed E-state index contributed by atoms with van der Waals surface area (Å²) in [6.45, 7) is 4.96. The monoisotopic (exact) mass is 493 g/mol. The number of hydrogen-bond donors (Lipinski definition) is 2. The fourth-order valence-corrected chi connectivity index (χ4v) is 4.23. The van der Waals surface area contributed by atoms with Crippen LogP contribution >= 0.6 is 0 Å². The van der Waals surface area contributed by atoms with Crippen LogP contribution in [0.25, 0.3) is 11.5 Å². The van der Waals surface area contributed by atoms with Gasteiger partial charge in [-0.1, -0.05) is 6.07 Å². The van der Waals surface area contributed by atoms with Crippen LogP contribution in [0.1, 0.15) is 34.6 Å². The Morgan fingerprint density at radius 2 is 2.00 bits per heavy atom. The molecule has 0 bridgehead atoms. The quantitative estimate of drug-likeness (QED) is 0.524. The minimum absolute atomic E-state index is 0.00867. The topological polar surface area (TPSA) is 151 Å². The molecule has 3 aromatic rings. The molecule has 3 aromatic heterocycles. The molecule has 13 nitrogen and oxygen atoms in total. The van der Waals surface area contributed by atoms with Crippen LogP contribution in [0.15, 0.2) is 30.5 Å². The summed E-state index contributed by atoms with van der Waals surface area (Å²) in [6.07, 6.45) is 2.39. The summed E-state index contributed by atoms with van der Waals surface area (Å²) in [4.78, 5) is 38.3. The zero-order valence-electron chi connectivity index (χ0n) is 19.9. The van der Waals surface area contributed by atoms with Gasteiger partial charge in [0.25, 0.3) is 5.91 Å². The number of ether oxygens (including phenoxy) is 1. The normalized spacial score (nSPS) is 16.4. The van der Waals surface area contributed by atoms with Crippen LogP contribution in [0.2, 0.25) is 0 Å². The van der Waals surface area contributed by atoms with E-state index in [0.29, 0.717) is 63.1 Å². The van der Waals surface area contributed by atoms with Gasteiger partial charge in [0.05, 0.1) is 25.9 Å². The maximum atomic E-state index is 13.0. The third-order valence-corrected chi connectivity index (χ3v) is 6.27. The number of nitrogens with one attached hydrogen (secondary N) is 1. The zero-order chi connectivity index (χ0) is 25.1. The van der Waals surface area contributed by atoms with Gasteiger partial charge >= 0.3 is 6.03 Å². The third-order valence-electron chi connectivity index (χ3n) is 6.27. The second-order valence-corrected chi connectivity index (χ2v) is 8.73. The smallest absolute Gasteiger partial charge is 0.320 e. The number of aromatic nitrogens is 6. The van der Waals surface area contributed by atoms with Crippen LogP contribution in [0.5, 0.6) is 0 Å². The van der Waals surface area contributed by atoms with Crippen LogP contribution in [-0.2, 0) is 17.7 Å². The SMILES string of the molecule is C[C@H](CO)n1nnnc1-c1cccc(NC(=O)c2cc3c(cn2)CCN(C(=O)N2CCOCC2)C3)n1. The van der Waals surface area contributed by atoms with Crippen molar-refractivity contribution in [2.75, 3.05) is 44.8 Å². The highest BCUT2D eigenvalue weighted by atomic mass is 16.5. The van der Waals surface area contributed by atoms with Crippen LogP contribution in [0.4, 0.5) is 10.6 Å². The van der Waals surface area contributed by atoms with Gasteiger partial charge in [-0.15, -0.1) is 5.10 Å². The number of anilines is 1.